The van der Waals surface area contributed by atoms with Gasteiger partial charge in [-0.05, 0) is 36.7 Å². The van der Waals surface area contributed by atoms with Crippen molar-refractivity contribution in [3.8, 4) is 0 Å². The predicted molar refractivity (Wildman–Crippen MR) is 118 cm³/mol. The summed E-state index contributed by atoms with van der Waals surface area (Å²) in [7, 11) is 0. The topological polar surface area (TPSA) is 75.3 Å². The number of hydrogen-bond donors (Lipinski definition) is 3. The number of carbonyl (C=O) groups is 1. The highest BCUT2D eigenvalue weighted by molar-refractivity contribution is 5.85. The molecule has 0 saturated heterocycles. The van der Waals surface area contributed by atoms with Gasteiger partial charge in [-0.15, -0.1) is 12.4 Å². The van der Waals surface area contributed by atoms with Crippen LogP contribution in [-0.2, 0) is 11.3 Å². The van der Waals surface area contributed by atoms with E-state index >= 15 is 0 Å². The summed E-state index contributed by atoms with van der Waals surface area (Å²) >= 11 is 0. The maximum absolute atomic E-state index is 12.7. The van der Waals surface area contributed by atoms with Gasteiger partial charge in [0.25, 0.3) is 0 Å². The van der Waals surface area contributed by atoms with Crippen LogP contribution in [0.3, 0.4) is 0 Å². The molecule has 1 fully saturated rings. The Morgan fingerprint density at radius 2 is 1.79 bits per heavy atom. The van der Waals surface area contributed by atoms with Gasteiger partial charge in [-0.3, -0.25) is 4.79 Å². The van der Waals surface area contributed by atoms with Crippen LogP contribution >= 0.6 is 12.4 Å². The van der Waals surface area contributed by atoms with Crippen LogP contribution in [0.2, 0.25) is 0 Å². The number of hydrogen-bond acceptors (Lipinski definition) is 3. The van der Waals surface area contributed by atoms with Crippen LogP contribution in [0.5, 0.6) is 0 Å². The van der Waals surface area contributed by atoms with Crippen molar-refractivity contribution in [3.63, 3.8) is 0 Å². The van der Waals surface area contributed by atoms with Gasteiger partial charge in [-0.2, -0.15) is 0 Å². The average molecular weight is 411 g/mol. The second-order valence-corrected chi connectivity index (χ2v) is 8.74. The molecule has 2 rings (SSSR count). The molecule has 1 aliphatic rings. The van der Waals surface area contributed by atoms with Crippen LogP contribution in [0.15, 0.2) is 30.3 Å². The van der Waals surface area contributed by atoms with Gasteiger partial charge < -0.3 is 16.2 Å². The summed E-state index contributed by atoms with van der Waals surface area (Å²) in [5.41, 5.74) is 7.40. The molecule has 5 heteroatoms. The van der Waals surface area contributed by atoms with Gasteiger partial charge in [0.2, 0.25) is 5.91 Å². The third kappa shape index (κ3) is 8.93. The predicted octanol–water partition coefficient (Wildman–Crippen LogP) is 4.44. The molecule has 2 unspecified atom stereocenters. The van der Waals surface area contributed by atoms with E-state index in [-0.39, 0.29) is 30.3 Å². The Kier molecular flexibility index (Phi) is 11.7. The lowest BCUT2D eigenvalue weighted by Gasteiger charge is -2.29. The van der Waals surface area contributed by atoms with Gasteiger partial charge in [0.1, 0.15) is 0 Å². The molecule has 0 spiro atoms. The molecule has 160 valence electrons. The molecule has 1 saturated carbocycles. The third-order valence-corrected chi connectivity index (χ3v) is 5.79. The number of nitrogens with one attached hydrogen (secondary N) is 1. The van der Waals surface area contributed by atoms with Gasteiger partial charge >= 0.3 is 0 Å². The molecular formula is C23H39ClN2O2. The minimum Gasteiger partial charge on any atom is -0.391 e. The maximum Gasteiger partial charge on any atom is 0.223 e. The zero-order valence-corrected chi connectivity index (χ0v) is 18.3. The lowest BCUT2D eigenvalue weighted by Crippen LogP contribution is -2.41. The molecule has 0 aromatic heterocycles. The first-order valence-electron chi connectivity index (χ1n) is 10.7. The van der Waals surface area contributed by atoms with Gasteiger partial charge in [0.05, 0.1) is 6.10 Å². The van der Waals surface area contributed by atoms with Crippen LogP contribution in [0, 0.1) is 17.8 Å². The van der Waals surface area contributed by atoms with E-state index in [0.29, 0.717) is 24.8 Å². The molecule has 28 heavy (non-hydrogen) atoms. The molecule has 0 heterocycles. The molecule has 0 radical (unpaired) electrons. The zero-order valence-electron chi connectivity index (χ0n) is 17.5. The Morgan fingerprint density at radius 1 is 1.14 bits per heavy atom. The van der Waals surface area contributed by atoms with Gasteiger partial charge in [-0.25, -0.2) is 0 Å². The van der Waals surface area contributed by atoms with Crippen molar-refractivity contribution in [2.24, 2.45) is 23.5 Å². The second-order valence-electron chi connectivity index (χ2n) is 8.74. The summed E-state index contributed by atoms with van der Waals surface area (Å²) in [5, 5.41) is 13.7. The van der Waals surface area contributed by atoms with Crippen molar-refractivity contribution in [2.45, 2.75) is 83.9 Å². The van der Waals surface area contributed by atoms with E-state index in [0.717, 1.165) is 18.4 Å². The highest BCUT2D eigenvalue weighted by Crippen LogP contribution is 2.28. The summed E-state index contributed by atoms with van der Waals surface area (Å²) in [6, 6.07) is 9.70. The van der Waals surface area contributed by atoms with Crippen molar-refractivity contribution in [3.05, 3.63) is 35.9 Å². The average Bonchev–Trinajstić information content (AvgIpc) is 2.66. The summed E-state index contributed by atoms with van der Waals surface area (Å²) in [4.78, 5) is 12.7. The number of benzene rings is 1. The van der Waals surface area contributed by atoms with Crippen molar-refractivity contribution in [1.82, 2.24) is 5.32 Å². The Labute approximate surface area is 177 Å². The first-order chi connectivity index (χ1) is 13.0. The molecule has 4 nitrogen and oxygen atoms in total. The number of amides is 1. The minimum atomic E-state index is -0.613. The molecule has 0 aliphatic heterocycles. The molecular weight excluding hydrogens is 372 g/mol. The Morgan fingerprint density at radius 3 is 2.39 bits per heavy atom. The monoisotopic (exact) mass is 410 g/mol. The Hall–Kier alpha value is -1.10. The van der Waals surface area contributed by atoms with Crippen molar-refractivity contribution in [1.29, 1.82) is 0 Å². The number of aliphatic hydroxyl groups excluding tert-OH is 1. The highest BCUT2D eigenvalue weighted by Gasteiger charge is 2.27. The fraction of sp³-hybridized carbons (Fsp3) is 0.696. The van der Waals surface area contributed by atoms with Gasteiger partial charge in [0.15, 0.2) is 0 Å². The van der Waals surface area contributed by atoms with E-state index < -0.39 is 6.10 Å². The highest BCUT2D eigenvalue weighted by atomic mass is 35.5. The molecule has 0 bridgehead atoms. The molecule has 1 aliphatic carbocycles. The molecule has 1 aromatic rings. The van der Waals surface area contributed by atoms with Crippen LogP contribution in [0.4, 0.5) is 0 Å². The number of aliphatic hydroxyl groups is 1. The van der Waals surface area contributed by atoms with Crippen LogP contribution in [0.25, 0.3) is 0 Å². The zero-order chi connectivity index (χ0) is 19.6. The summed E-state index contributed by atoms with van der Waals surface area (Å²) in [6.07, 6.45) is 7.84. The number of nitrogens with two attached hydrogens (primary N) is 1. The van der Waals surface area contributed by atoms with Gasteiger partial charge in [-0.1, -0.05) is 76.3 Å². The van der Waals surface area contributed by atoms with E-state index in [4.69, 9.17) is 5.73 Å². The summed E-state index contributed by atoms with van der Waals surface area (Å²) in [6.45, 7) is 4.76. The standard InChI is InChI=1S/C23H38N2O2.ClH/c1-17(2)13-20(23(27)25-16-19-11-7-4-8-12-19)15-22(26)21(24)14-18-9-5-3-6-10-18;/h4,7-8,11-12,17-18,20-22,26H,3,5-6,9-10,13-16,24H2,1-2H3,(H,25,27);1H/t20?,21-,22?;/m0./s1. The number of halogens is 1. The lowest BCUT2D eigenvalue weighted by atomic mass is 9.82. The van der Waals surface area contributed by atoms with Crippen LogP contribution < -0.4 is 11.1 Å². The minimum absolute atomic E-state index is 0. The molecule has 1 aromatic carbocycles. The van der Waals surface area contributed by atoms with E-state index in [2.05, 4.69) is 19.2 Å². The van der Waals surface area contributed by atoms with Crippen LogP contribution in [0.1, 0.15) is 70.8 Å². The first-order valence-corrected chi connectivity index (χ1v) is 10.7. The lowest BCUT2D eigenvalue weighted by molar-refractivity contribution is -0.126. The Balaban J connectivity index is 0.00000392. The fourth-order valence-corrected chi connectivity index (χ4v) is 4.24. The van der Waals surface area contributed by atoms with E-state index in [1.54, 1.807) is 0 Å². The SMILES string of the molecule is CC(C)CC(CC(O)[C@@H](N)CC1CCCCC1)C(=O)NCc1ccccc1.Cl. The van der Waals surface area contributed by atoms with E-state index in [9.17, 15) is 9.90 Å². The quantitative estimate of drug-likeness (QED) is 0.533. The van der Waals surface area contributed by atoms with Crippen molar-refractivity contribution >= 4 is 18.3 Å². The number of rotatable bonds is 10. The second kappa shape index (κ2) is 13.2. The third-order valence-electron chi connectivity index (χ3n) is 5.79. The summed E-state index contributed by atoms with van der Waals surface area (Å²) in [5.74, 6) is 0.871. The fourth-order valence-electron chi connectivity index (χ4n) is 4.24. The normalized spacial score (nSPS) is 18.2. The summed E-state index contributed by atoms with van der Waals surface area (Å²) < 4.78 is 0. The molecule has 3 atom stereocenters. The Bertz CT molecular complexity index is 547. The number of carbonyl (C=O) groups excluding carboxylic acids is 1. The van der Waals surface area contributed by atoms with Crippen molar-refractivity contribution < 1.29 is 9.90 Å². The largest absolute Gasteiger partial charge is 0.391 e. The van der Waals surface area contributed by atoms with E-state index in [1.165, 1.54) is 32.1 Å². The molecule has 4 N–H and O–H groups in total. The first kappa shape index (κ1) is 24.9. The molecule has 1 amide bonds. The van der Waals surface area contributed by atoms with Crippen molar-refractivity contribution in [2.75, 3.05) is 0 Å². The van der Waals surface area contributed by atoms with E-state index in [1.807, 2.05) is 30.3 Å². The van der Waals surface area contributed by atoms with Gasteiger partial charge in [0, 0.05) is 18.5 Å². The smallest absolute Gasteiger partial charge is 0.223 e. The maximum atomic E-state index is 12.7. The van der Waals surface area contributed by atoms with Crippen LogP contribution in [-0.4, -0.2) is 23.2 Å².